The number of nitrogens with two attached hydrogens (primary N) is 1. The highest BCUT2D eigenvalue weighted by Gasteiger charge is 2.49. The molecule has 0 amide bonds. The van der Waals surface area contributed by atoms with Crippen LogP contribution in [0, 0.1) is 0 Å². The van der Waals surface area contributed by atoms with Crippen molar-refractivity contribution in [2.24, 2.45) is 5.73 Å². The van der Waals surface area contributed by atoms with E-state index in [4.69, 9.17) is 17.3 Å². The van der Waals surface area contributed by atoms with Crippen LogP contribution >= 0.6 is 11.6 Å². The lowest BCUT2D eigenvalue weighted by molar-refractivity contribution is -0.142. The third-order valence-electron chi connectivity index (χ3n) is 2.36. The third kappa shape index (κ3) is 1.79. The second-order valence-electron chi connectivity index (χ2n) is 3.54. The third-order valence-corrected chi connectivity index (χ3v) is 2.64. The Morgan fingerprint density at radius 2 is 1.93 bits per heavy atom. The molecular formula is C8H7ClF3N3. The van der Waals surface area contributed by atoms with E-state index < -0.39 is 17.4 Å². The summed E-state index contributed by atoms with van der Waals surface area (Å²) in [7, 11) is 0. The van der Waals surface area contributed by atoms with Crippen molar-refractivity contribution in [3.05, 3.63) is 22.7 Å². The van der Waals surface area contributed by atoms with Gasteiger partial charge in [0, 0.05) is 11.1 Å². The maximum atomic E-state index is 12.6. The molecule has 3 nitrogen and oxygen atoms in total. The zero-order valence-electron chi connectivity index (χ0n) is 7.48. The molecule has 82 valence electrons. The maximum Gasteiger partial charge on any atom is 0.433 e. The molecule has 0 unspecified atom stereocenters. The van der Waals surface area contributed by atoms with Crippen LogP contribution in [-0.4, -0.2) is 9.97 Å². The Kier molecular flexibility index (Phi) is 2.16. The Bertz CT molecular complexity index is 401. The van der Waals surface area contributed by atoms with Crippen LogP contribution in [0.5, 0.6) is 0 Å². The maximum absolute atomic E-state index is 12.6. The molecule has 1 aliphatic rings. The Hall–Kier alpha value is -0.880. The molecule has 15 heavy (non-hydrogen) atoms. The summed E-state index contributed by atoms with van der Waals surface area (Å²) in [5, 5.41) is -0.211. The number of hydrogen-bond donors (Lipinski definition) is 1. The summed E-state index contributed by atoms with van der Waals surface area (Å²) in [4.78, 5) is 6.75. The van der Waals surface area contributed by atoms with Crippen molar-refractivity contribution in [3.63, 3.8) is 0 Å². The first kappa shape index (κ1) is 10.6. The molecule has 7 heteroatoms. The first-order chi connectivity index (χ1) is 6.84. The number of hydrogen-bond acceptors (Lipinski definition) is 3. The van der Waals surface area contributed by atoms with Crippen LogP contribution < -0.4 is 5.73 Å². The molecule has 1 aromatic heterocycles. The Morgan fingerprint density at radius 1 is 1.33 bits per heavy atom. The lowest BCUT2D eigenvalue weighted by Gasteiger charge is -2.16. The lowest BCUT2D eigenvalue weighted by Crippen LogP contribution is -2.26. The van der Waals surface area contributed by atoms with Gasteiger partial charge in [-0.2, -0.15) is 13.2 Å². The van der Waals surface area contributed by atoms with Crippen LogP contribution in [0.3, 0.4) is 0 Å². The topological polar surface area (TPSA) is 51.8 Å². The van der Waals surface area contributed by atoms with Crippen LogP contribution in [0.15, 0.2) is 6.33 Å². The van der Waals surface area contributed by atoms with E-state index in [1.54, 1.807) is 0 Å². The zero-order chi connectivity index (χ0) is 11.3. The van der Waals surface area contributed by atoms with Crippen molar-refractivity contribution < 1.29 is 13.2 Å². The SMILES string of the molecule is NC1(c2c(Cl)ncnc2C(F)(F)F)CC1. The highest BCUT2D eigenvalue weighted by atomic mass is 35.5. The minimum atomic E-state index is -4.54. The largest absolute Gasteiger partial charge is 0.433 e. The Morgan fingerprint density at radius 3 is 2.40 bits per heavy atom. The predicted octanol–water partition coefficient (Wildman–Crippen LogP) is 2.10. The van der Waals surface area contributed by atoms with Crippen LogP contribution in [-0.2, 0) is 11.7 Å². The van der Waals surface area contributed by atoms with Crippen LogP contribution in [0.1, 0.15) is 24.1 Å². The van der Waals surface area contributed by atoms with Gasteiger partial charge in [-0.1, -0.05) is 11.6 Å². The number of aromatic nitrogens is 2. The normalized spacial score (nSPS) is 19.0. The van der Waals surface area contributed by atoms with Gasteiger partial charge in [0.15, 0.2) is 5.69 Å². The van der Waals surface area contributed by atoms with Gasteiger partial charge in [-0.05, 0) is 12.8 Å². The van der Waals surface area contributed by atoms with Gasteiger partial charge in [0.25, 0.3) is 0 Å². The second-order valence-corrected chi connectivity index (χ2v) is 3.90. The number of nitrogens with zero attached hydrogens (tertiary/aromatic N) is 2. The molecule has 1 aromatic rings. The van der Waals surface area contributed by atoms with E-state index in [1.165, 1.54) is 0 Å². The van der Waals surface area contributed by atoms with Crippen LogP contribution in [0.2, 0.25) is 5.15 Å². The first-order valence-electron chi connectivity index (χ1n) is 4.22. The van der Waals surface area contributed by atoms with Gasteiger partial charge in [0.2, 0.25) is 0 Å². The molecule has 0 aliphatic heterocycles. The second kappa shape index (κ2) is 3.05. The fraction of sp³-hybridized carbons (Fsp3) is 0.500. The standard InChI is InChI=1S/C8H7ClF3N3/c9-6-4(7(13)1-2-7)5(8(10,11)12)14-3-15-6/h3H,1-2,13H2. The van der Waals surface area contributed by atoms with Gasteiger partial charge in [-0.15, -0.1) is 0 Å². The van der Waals surface area contributed by atoms with Gasteiger partial charge in [0.1, 0.15) is 11.5 Å². The first-order valence-corrected chi connectivity index (χ1v) is 4.59. The molecule has 1 aliphatic carbocycles. The molecule has 0 aromatic carbocycles. The van der Waals surface area contributed by atoms with Gasteiger partial charge >= 0.3 is 6.18 Å². The highest BCUT2D eigenvalue weighted by molar-refractivity contribution is 6.30. The molecule has 0 spiro atoms. The summed E-state index contributed by atoms with van der Waals surface area (Å²) in [5.74, 6) is 0. The van der Waals surface area contributed by atoms with Gasteiger partial charge in [-0.25, -0.2) is 9.97 Å². The summed E-state index contributed by atoms with van der Waals surface area (Å²) < 4.78 is 37.7. The van der Waals surface area contributed by atoms with Gasteiger partial charge in [0.05, 0.1) is 0 Å². The number of rotatable bonds is 1. The number of alkyl halides is 3. The lowest BCUT2D eigenvalue weighted by atomic mass is 10.1. The molecule has 0 radical (unpaired) electrons. The fourth-order valence-corrected chi connectivity index (χ4v) is 1.73. The van der Waals surface area contributed by atoms with E-state index in [0.29, 0.717) is 12.8 Å². The molecule has 0 bridgehead atoms. The van der Waals surface area contributed by atoms with E-state index in [1.807, 2.05) is 0 Å². The van der Waals surface area contributed by atoms with Crippen LogP contribution in [0.4, 0.5) is 13.2 Å². The van der Waals surface area contributed by atoms with Crippen LogP contribution in [0.25, 0.3) is 0 Å². The Labute approximate surface area is 88.5 Å². The molecule has 1 fully saturated rings. The summed E-state index contributed by atoms with van der Waals surface area (Å²) in [6, 6.07) is 0. The smallest absolute Gasteiger partial charge is 0.321 e. The molecule has 2 N–H and O–H groups in total. The van der Waals surface area contributed by atoms with E-state index in [2.05, 4.69) is 9.97 Å². The molecule has 0 atom stereocenters. The number of halogens is 4. The Balaban J connectivity index is 2.60. The van der Waals surface area contributed by atoms with E-state index in [9.17, 15) is 13.2 Å². The minimum absolute atomic E-state index is 0.181. The van der Waals surface area contributed by atoms with Crippen molar-refractivity contribution in [2.45, 2.75) is 24.6 Å². The quantitative estimate of drug-likeness (QED) is 0.761. The fourth-order valence-electron chi connectivity index (χ4n) is 1.40. The van der Waals surface area contributed by atoms with Crippen molar-refractivity contribution in [1.82, 2.24) is 9.97 Å². The van der Waals surface area contributed by atoms with Crippen molar-refractivity contribution in [2.75, 3.05) is 0 Å². The molecule has 0 saturated heterocycles. The predicted molar refractivity (Wildman–Crippen MR) is 47.1 cm³/mol. The monoisotopic (exact) mass is 237 g/mol. The average Bonchev–Trinajstić information content (AvgIpc) is 2.82. The van der Waals surface area contributed by atoms with Crippen molar-refractivity contribution in [3.8, 4) is 0 Å². The molecule has 1 saturated carbocycles. The summed E-state index contributed by atoms with van der Waals surface area (Å²) >= 11 is 5.63. The summed E-state index contributed by atoms with van der Waals surface area (Å²) in [5.41, 5.74) is 3.50. The summed E-state index contributed by atoms with van der Waals surface area (Å²) in [6.07, 6.45) is -2.80. The summed E-state index contributed by atoms with van der Waals surface area (Å²) in [6.45, 7) is 0. The highest BCUT2D eigenvalue weighted by Crippen LogP contribution is 2.48. The van der Waals surface area contributed by atoms with Gasteiger partial charge < -0.3 is 5.73 Å². The van der Waals surface area contributed by atoms with E-state index >= 15 is 0 Å². The van der Waals surface area contributed by atoms with Crippen molar-refractivity contribution in [1.29, 1.82) is 0 Å². The zero-order valence-corrected chi connectivity index (χ0v) is 8.23. The van der Waals surface area contributed by atoms with E-state index in [0.717, 1.165) is 6.33 Å². The molecule has 1 heterocycles. The van der Waals surface area contributed by atoms with Crippen molar-refractivity contribution >= 4 is 11.6 Å². The minimum Gasteiger partial charge on any atom is -0.321 e. The van der Waals surface area contributed by atoms with Gasteiger partial charge in [-0.3, -0.25) is 0 Å². The molecule has 2 rings (SSSR count). The average molecular weight is 238 g/mol. The molecular weight excluding hydrogens is 231 g/mol. The van der Waals surface area contributed by atoms with E-state index in [-0.39, 0.29) is 10.7 Å².